The summed E-state index contributed by atoms with van der Waals surface area (Å²) in [5, 5.41) is 1.24. The van der Waals surface area contributed by atoms with E-state index in [1.807, 2.05) is 39.0 Å². The Kier molecular flexibility index (Phi) is 4.93. The van der Waals surface area contributed by atoms with Gasteiger partial charge in [-0.15, -0.1) is 11.3 Å². The Morgan fingerprint density at radius 2 is 2.14 bits per heavy atom. The van der Waals surface area contributed by atoms with Crippen molar-refractivity contribution in [3.63, 3.8) is 0 Å². The van der Waals surface area contributed by atoms with Crippen molar-refractivity contribution in [2.45, 2.75) is 33.7 Å². The van der Waals surface area contributed by atoms with Crippen molar-refractivity contribution < 1.29 is 9.47 Å². The molecule has 3 heterocycles. The fourth-order valence-electron chi connectivity index (χ4n) is 3.59. The van der Waals surface area contributed by atoms with Crippen LogP contribution in [0.1, 0.15) is 35.2 Å². The third kappa shape index (κ3) is 3.01. The third-order valence-corrected chi connectivity index (χ3v) is 6.44. The van der Waals surface area contributed by atoms with Gasteiger partial charge < -0.3 is 9.47 Å². The number of benzene rings is 1. The fourth-order valence-corrected chi connectivity index (χ4v) is 4.91. The lowest BCUT2D eigenvalue weighted by atomic mass is 10.1. The second-order valence-electron chi connectivity index (χ2n) is 6.74. The summed E-state index contributed by atoms with van der Waals surface area (Å²) in [4.78, 5) is 19.7. The smallest absolute Gasteiger partial charge is 0.262 e. The lowest BCUT2D eigenvalue weighted by molar-refractivity contribution is 0.311. The van der Waals surface area contributed by atoms with Crippen LogP contribution < -0.4 is 15.0 Å². The minimum absolute atomic E-state index is 0.0491. The minimum Gasteiger partial charge on any atom is -0.491 e. The molecule has 1 aliphatic heterocycles. The normalized spacial score (nSPS) is 14.7. The van der Waals surface area contributed by atoms with Crippen LogP contribution in [-0.4, -0.2) is 23.3 Å². The van der Waals surface area contributed by atoms with Crippen molar-refractivity contribution in [3.8, 4) is 11.5 Å². The van der Waals surface area contributed by atoms with Gasteiger partial charge in [0.2, 0.25) is 0 Å². The van der Waals surface area contributed by atoms with E-state index in [4.69, 9.17) is 26.1 Å². The molecule has 0 atom stereocenters. The van der Waals surface area contributed by atoms with Crippen LogP contribution in [0, 0.1) is 13.8 Å². The van der Waals surface area contributed by atoms with Gasteiger partial charge in [0, 0.05) is 11.4 Å². The van der Waals surface area contributed by atoms with Crippen molar-refractivity contribution >= 4 is 44.8 Å². The van der Waals surface area contributed by atoms with Gasteiger partial charge in [-0.25, -0.2) is 4.98 Å². The van der Waals surface area contributed by atoms with E-state index in [1.54, 1.807) is 23.0 Å². The molecule has 0 N–H and O–H groups in total. The van der Waals surface area contributed by atoms with Gasteiger partial charge in [-0.3, -0.25) is 9.36 Å². The Morgan fingerprint density at radius 1 is 1.36 bits per heavy atom. The molecule has 0 spiro atoms. The molecule has 0 radical (unpaired) electrons. The monoisotopic (exact) mass is 416 g/mol. The summed E-state index contributed by atoms with van der Waals surface area (Å²) in [6, 6.07) is 3.74. The first-order valence-corrected chi connectivity index (χ1v) is 10.4. The summed E-state index contributed by atoms with van der Waals surface area (Å²) in [6.45, 7) is 7.09. The van der Waals surface area contributed by atoms with Crippen LogP contribution in [0.3, 0.4) is 0 Å². The molecule has 0 saturated heterocycles. The molecule has 7 heteroatoms. The van der Waals surface area contributed by atoms with Crippen LogP contribution in [0.25, 0.3) is 21.9 Å². The molecule has 0 unspecified atom stereocenters. The number of methoxy groups -OCH3 is 1. The van der Waals surface area contributed by atoms with Crippen molar-refractivity contribution in [2.75, 3.05) is 13.7 Å². The molecule has 0 fully saturated rings. The van der Waals surface area contributed by atoms with Gasteiger partial charge in [0.25, 0.3) is 5.56 Å². The Morgan fingerprint density at radius 3 is 2.86 bits per heavy atom. The van der Waals surface area contributed by atoms with Crippen LogP contribution in [0.15, 0.2) is 16.9 Å². The largest absolute Gasteiger partial charge is 0.491 e. The Labute approximate surface area is 172 Å². The summed E-state index contributed by atoms with van der Waals surface area (Å²) in [5.74, 6) is 1.87. The van der Waals surface area contributed by atoms with Gasteiger partial charge in [0.15, 0.2) is 11.5 Å². The molecule has 5 nitrogen and oxygen atoms in total. The molecular formula is C21H21ClN2O3S. The molecule has 1 aromatic carbocycles. The van der Waals surface area contributed by atoms with Crippen LogP contribution in [0.2, 0.25) is 5.02 Å². The number of rotatable bonds is 4. The van der Waals surface area contributed by atoms with Gasteiger partial charge in [0.05, 0.1) is 24.1 Å². The van der Waals surface area contributed by atoms with Gasteiger partial charge in [-0.05, 0) is 62.1 Å². The molecule has 0 amide bonds. The van der Waals surface area contributed by atoms with E-state index in [9.17, 15) is 4.79 Å². The molecule has 2 aromatic heterocycles. The lowest BCUT2D eigenvalue weighted by Gasteiger charge is -2.12. The summed E-state index contributed by atoms with van der Waals surface area (Å²) >= 11 is 7.95. The Balaban J connectivity index is 1.84. The van der Waals surface area contributed by atoms with Crippen LogP contribution in [-0.2, 0) is 6.54 Å². The maximum absolute atomic E-state index is 13.0. The maximum Gasteiger partial charge on any atom is 0.262 e. The second-order valence-corrected chi connectivity index (χ2v) is 8.35. The summed E-state index contributed by atoms with van der Waals surface area (Å²) < 4.78 is 12.8. The number of hydrogen-bond acceptors (Lipinski definition) is 5. The minimum atomic E-state index is 0.0491. The van der Waals surface area contributed by atoms with Gasteiger partial charge in [0.1, 0.15) is 10.7 Å². The number of aryl methyl sites for hydroxylation is 2. The number of allylic oxidation sites excluding steroid dienone is 1. The molecule has 28 heavy (non-hydrogen) atoms. The zero-order valence-electron chi connectivity index (χ0n) is 16.3. The van der Waals surface area contributed by atoms with Crippen LogP contribution >= 0.6 is 22.9 Å². The van der Waals surface area contributed by atoms with E-state index in [2.05, 4.69) is 0 Å². The van der Waals surface area contributed by atoms with Crippen molar-refractivity contribution in [1.82, 2.24) is 9.55 Å². The molecule has 0 bridgehead atoms. The molecule has 0 saturated carbocycles. The first-order valence-electron chi connectivity index (χ1n) is 9.16. The average Bonchev–Trinajstić information content (AvgIpc) is 3.17. The molecule has 4 rings (SSSR count). The number of hydrogen-bond donors (Lipinski definition) is 0. The van der Waals surface area contributed by atoms with E-state index in [1.165, 1.54) is 0 Å². The van der Waals surface area contributed by atoms with E-state index in [0.717, 1.165) is 44.0 Å². The van der Waals surface area contributed by atoms with Gasteiger partial charge >= 0.3 is 0 Å². The lowest BCUT2D eigenvalue weighted by Crippen LogP contribution is -2.20. The topological polar surface area (TPSA) is 53.4 Å². The van der Waals surface area contributed by atoms with E-state index in [-0.39, 0.29) is 5.56 Å². The number of aromatic nitrogens is 2. The predicted octanol–water partition coefficient (Wildman–Crippen LogP) is 5.08. The Hall–Kier alpha value is -2.31. The third-order valence-electron chi connectivity index (χ3n) is 5.06. The highest BCUT2D eigenvalue weighted by atomic mass is 35.5. The summed E-state index contributed by atoms with van der Waals surface area (Å²) in [6.07, 6.45) is 2.78. The fraction of sp³-hybridized carbons (Fsp3) is 0.333. The highest BCUT2D eigenvalue weighted by molar-refractivity contribution is 7.18. The van der Waals surface area contributed by atoms with Crippen molar-refractivity contribution in [2.24, 2.45) is 0 Å². The van der Waals surface area contributed by atoms with Gasteiger partial charge in [-0.2, -0.15) is 0 Å². The summed E-state index contributed by atoms with van der Waals surface area (Å²) in [5.41, 5.74) is 3.00. The van der Waals surface area contributed by atoms with E-state index in [0.29, 0.717) is 29.7 Å². The molecular weight excluding hydrogens is 396 g/mol. The first-order chi connectivity index (χ1) is 13.4. The first kappa shape index (κ1) is 19.0. The standard InChI is InChI=1S/C21H21ClN2O3S/c1-5-27-16-10-13(9-15(22)18(16)26-4)8-14-6-7-24-19(14)23-20-17(21(24)25)11(2)12(3)28-20/h8-10H,5-7H2,1-4H3. The average molecular weight is 417 g/mol. The predicted molar refractivity (Wildman–Crippen MR) is 115 cm³/mol. The zero-order valence-corrected chi connectivity index (χ0v) is 17.8. The van der Waals surface area contributed by atoms with Crippen molar-refractivity contribution in [1.29, 1.82) is 0 Å². The molecule has 1 aliphatic rings. The van der Waals surface area contributed by atoms with Gasteiger partial charge in [-0.1, -0.05) is 11.6 Å². The number of fused-ring (bicyclic) bond motifs is 2. The SMILES string of the molecule is CCOc1cc(C=C2CCn3c2nc2sc(C)c(C)c2c3=O)cc(Cl)c1OC. The van der Waals surface area contributed by atoms with Crippen LogP contribution in [0.4, 0.5) is 0 Å². The number of ether oxygens (including phenoxy) is 2. The quantitative estimate of drug-likeness (QED) is 0.595. The maximum atomic E-state index is 13.0. The van der Waals surface area contributed by atoms with Crippen LogP contribution in [0.5, 0.6) is 11.5 Å². The summed E-state index contributed by atoms with van der Waals surface area (Å²) in [7, 11) is 1.57. The highest BCUT2D eigenvalue weighted by Crippen LogP contribution is 2.38. The van der Waals surface area contributed by atoms with E-state index < -0.39 is 0 Å². The number of thiophene rings is 1. The van der Waals surface area contributed by atoms with E-state index >= 15 is 0 Å². The Bertz CT molecular complexity index is 1180. The molecule has 0 aliphatic carbocycles. The van der Waals surface area contributed by atoms with Crippen molar-refractivity contribution in [3.05, 3.63) is 49.3 Å². The zero-order chi connectivity index (χ0) is 20.0. The number of nitrogens with zero attached hydrogens (tertiary/aromatic N) is 2. The highest BCUT2D eigenvalue weighted by Gasteiger charge is 2.23. The molecule has 3 aromatic rings. The molecule has 146 valence electrons. The second kappa shape index (κ2) is 7.26. The number of halogens is 1.